The molecule has 94 valence electrons. The lowest BCUT2D eigenvalue weighted by molar-refractivity contribution is -0.132. The van der Waals surface area contributed by atoms with Crippen LogP contribution < -0.4 is 11.5 Å². The monoisotopic (exact) mass is 238 g/mol. The van der Waals surface area contributed by atoms with Gasteiger partial charge in [0.05, 0.1) is 11.8 Å². The van der Waals surface area contributed by atoms with Gasteiger partial charge < -0.3 is 16.2 Å². The smallest absolute Gasteiger partial charge is 0.224 e. The van der Waals surface area contributed by atoms with Crippen LogP contribution in [0.4, 0.5) is 0 Å². The van der Waals surface area contributed by atoms with Gasteiger partial charge in [-0.1, -0.05) is 0 Å². The topological polar surface area (TPSA) is 95.4 Å². The van der Waals surface area contributed by atoms with Gasteiger partial charge in [-0.25, -0.2) is 0 Å². The Morgan fingerprint density at radius 1 is 1.00 bits per heavy atom. The maximum Gasteiger partial charge on any atom is 0.224 e. The van der Waals surface area contributed by atoms with Crippen LogP contribution in [0.3, 0.4) is 0 Å². The maximum atomic E-state index is 11.6. The van der Waals surface area contributed by atoms with Gasteiger partial charge in [-0.3, -0.25) is 9.59 Å². The minimum Gasteiger partial charge on any atom is -0.369 e. The number of nitrogens with two attached hydrogens (primary N) is 2. The molecular weight excluding hydrogens is 220 g/mol. The Balaban J connectivity index is 2.65. The molecule has 4 unspecified atom stereocenters. The fourth-order valence-electron chi connectivity index (χ4n) is 3.44. The number of fused-ring (bicyclic) bond motifs is 2. The van der Waals surface area contributed by atoms with Crippen LogP contribution in [0.2, 0.25) is 0 Å². The summed E-state index contributed by atoms with van der Waals surface area (Å²) in [6.07, 6.45) is 0. The Hall–Kier alpha value is -1.36. The number of ether oxygens (including phenoxy) is 1. The summed E-state index contributed by atoms with van der Waals surface area (Å²) in [5, 5.41) is 0. The Bertz CT molecular complexity index is 417. The van der Waals surface area contributed by atoms with Crippen LogP contribution in [0.15, 0.2) is 11.1 Å². The molecule has 0 saturated carbocycles. The molecule has 0 aromatic rings. The highest BCUT2D eigenvalue weighted by molar-refractivity contribution is 5.90. The van der Waals surface area contributed by atoms with Crippen LogP contribution in [-0.4, -0.2) is 23.0 Å². The van der Waals surface area contributed by atoms with Gasteiger partial charge in [0.1, 0.15) is 11.2 Å². The van der Waals surface area contributed by atoms with Crippen molar-refractivity contribution in [2.75, 3.05) is 0 Å². The zero-order chi connectivity index (χ0) is 13.2. The van der Waals surface area contributed by atoms with Gasteiger partial charge in [-0.05, 0) is 38.8 Å². The van der Waals surface area contributed by atoms with Crippen molar-refractivity contribution in [3.05, 3.63) is 11.1 Å². The maximum absolute atomic E-state index is 11.6. The van der Waals surface area contributed by atoms with Crippen molar-refractivity contribution in [2.45, 2.75) is 38.9 Å². The van der Waals surface area contributed by atoms with Crippen LogP contribution >= 0.6 is 0 Å². The van der Waals surface area contributed by atoms with E-state index in [4.69, 9.17) is 16.2 Å². The molecule has 4 N–H and O–H groups in total. The highest BCUT2D eigenvalue weighted by Crippen LogP contribution is 2.59. The lowest BCUT2D eigenvalue weighted by Gasteiger charge is -2.34. The van der Waals surface area contributed by atoms with E-state index in [1.165, 1.54) is 0 Å². The van der Waals surface area contributed by atoms with Crippen molar-refractivity contribution < 1.29 is 14.3 Å². The summed E-state index contributed by atoms with van der Waals surface area (Å²) in [5.41, 5.74) is 11.2. The molecule has 0 radical (unpaired) electrons. The average Bonchev–Trinajstić information content (AvgIpc) is 2.54. The molecule has 2 aliphatic heterocycles. The van der Waals surface area contributed by atoms with Crippen LogP contribution in [0.5, 0.6) is 0 Å². The van der Waals surface area contributed by atoms with Gasteiger partial charge >= 0.3 is 0 Å². The zero-order valence-electron chi connectivity index (χ0n) is 10.5. The third kappa shape index (κ3) is 1.17. The van der Waals surface area contributed by atoms with E-state index >= 15 is 0 Å². The molecule has 0 aromatic heterocycles. The third-order valence-electron chi connectivity index (χ3n) is 4.61. The summed E-state index contributed by atoms with van der Waals surface area (Å²) in [4.78, 5) is 23.2. The molecule has 4 atom stereocenters. The van der Waals surface area contributed by atoms with Crippen LogP contribution in [0.1, 0.15) is 27.7 Å². The van der Waals surface area contributed by atoms with E-state index in [1.54, 1.807) is 13.8 Å². The lowest BCUT2D eigenvalue weighted by atomic mass is 9.65. The van der Waals surface area contributed by atoms with Crippen LogP contribution in [0.25, 0.3) is 0 Å². The van der Waals surface area contributed by atoms with Gasteiger partial charge in [-0.15, -0.1) is 0 Å². The Kier molecular flexibility index (Phi) is 2.21. The minimum absolute atomic E-state index is 0.535. The molecular formula is C12H18N2O3. The summed E-state index contributed by atoms with van der Waals surface area (Å²) in [5.74, 6) is -2.44. The molecule has 0 spiro atoms. The highest BCUT2D eigenvalue weighted by Gasteiger charge is 2.68. The molecule has 17 heavy (non-hydrogen) atoms. The van der Waals surface area contributed by atoms with E-state index < -0.39 is 34.9 Å². The molecule has 2 aliphatic rings. The van der Waals surface area contributed by atoms with Crippen molar-refractivity contribution in [3.63, 3.8) is 0 Å². The molecule has 2 bridgehead atoms. The highest BCUT2D eigenvalue weighted by atomic mass is 16.5. The molecule has 1 saturated heterocycles. The molecule has 2 rings (SSSR count). The summed E-state index contributed by atoms with van der Waals surface area (Å²) >= 11 is 0. The number of carbonyl (C=O) groups excluding carboxylic acids is 2. The fraction of sp³-hybridized carbons (Fsp3) is 0.667. The Morgan fingerprint density at radius 3 is 1.53 bits per heavy atom. The summed E-state index contributed by atoms with van der Waals surface area (Å²) in [6, 6.07) is 0. The number of hydrogen-bond acceptors (Lipinski definition) is 3. The van der Waals surface area contributed by atoms with E-state index in [1.807, 2.05) is 13.8 Å². The molecule has 1 fully saturated rings. The zero-order valence-corrected chi connectivity index (χ0v) is 10.5. The Morgan fingerprint density at radius 2 is 1.29 bits per heavy atom. The van der Waals surface area contributed by atoms with Gasteiger partial charge in [0, 0.05) is 0 Å². The normalized spacial score (nSPS) is 44.2. The van der Waals surface area contributed by atoms with E-state index in [0.29, 0.717) is 0 Å². The average molecular weight is 238 g/mol. The van der Waals surface area contributed by atoms with Crippen molar-refractivity contribution in [1.29, 1.82) is 0 Å². The largest absolute Gasteiger partial charge is 0.369 e. The molecule has 2 heterocycles. The van der Waals surface area contributed by atoms with Crippen molar-refractivity contribution in [2.24, 2.45) is 23.3 Å². The molecule has 5 nitrogen and oxygen atoms in total. The molecule has 0 aliphatic carbocycles. The van der Waals surface area contributed by atoms with Gasteiger partial charge in [-0.2, -0.15) is 0 Å². The second-order valence-corrected chi connectivity index (χ2v) is 5.33. The van der Waals surface area contributed by atoms with Crippen LogP contribution in [0, 0.1) is 11.8 Å². The first-order chi connectivity index (χ1) is 7.66. The van der Waals surface area contributed by atoms with E-state index in [0.717, 1.165) is 11.1 Å². The van der Waals surface area contributed by atoms with Gasteiger partial charge in [0.25, 0.3) is 0 Å². The number of hydrogen-bond donors (Lipinski definition) is 2. The second-order valence-electron chi connectivity index (χ2n) is 5.33. The van der Waals surface area contributed by atoms with Gasteiger partial charge in [0.15, 0.2) is 0 Å². The minimum atomic E-state index is -0.801. The standard InChI is InChI=1S/C12H18N2O3/c1-5-6(2)12(4)8(10(14)16)7(9(13)15)11(5,3)17-12/h7-8H,1-4H3,(H2,13,15)(H2,14,16). The van der Waals surface area contributed by atoms with Crippen LogP contribution in [-0.2, 0) is 14.3 Å². The van der Waals surface area contributed by atoms with Crippen molar-refractivity contribution >= 4 is 11.8 Å². The fourth-order valence-corrected chi connectivity index (χ4v) is 3.44. The van der Waals surface area contributed by atoms with E-state index in [9.17, 15) is 9.59 Å². The lowest BCUT2D eigenvalue weighted by Crippen LogP contribution is -2.51. The molecule has 5 heteroatoms. The SMILES string of the molecule is CC1=C(C)C2(C)OC1(C)C(C(N)=O)C2C(N)=O. The van der Waals surface area contributed by atoms with E-state index in [-0.39, 0.29) is 0 Å². The van der Waals surface area contributed by atoms with Crippen molar-refractivity contribution in [3.8, 4) is 0 Å². The molecule has 2 amide bonds. The van der Waals surface area contributed by atoms with E-state index in [2.05, 4.69) is 0 Å². The number of primary amides is 2. The quantitative estimate of drug-likeness (QED) is 0.667. The van der Waals surface area contributed by atoms with Crippen molar-refractivity contribution in [1.82, 2.24) is 0 Å². The predicted octanol–water partition coefficient (Wildman–Crippen LogP) is 0.0870. The first-order valence-corrected chi connectivity index (χ1v) is 5.63. The number of carbonyl (C=O) groups is 2. The second kappa shape index (κ2) is 3.10. The number of amides is 2. The first kappa shape index (κ1) is 12.1. The number of rotatable bonds is 2. The Labute approximate surface area is 100 Å². The first-order valence-electron chi connectivity index (χ1n) is 5.63. The third-order valence-corrected chi connectivity index (χ3v) is 4.61. The summed E-state index contributed by atoms with van der Waals surface area (Å²) < 4.78 is 5.94. The predicted molar refractivity (Wildman–Crippen MR) is 61.6 cm³/mol. The summed E-state index contributed by atoms with van der Waals surface area (Å²) in [6.45, 7) is 7.42. The summed E-state index contributed by atoms with van der Waals surface area (Å²) in [7, 11) is 0. The van der Waals surface area contributed by atoms with Gasteiger partial charge in [0.2, 0.25) is 11.8 Å². The molecule has 0 aromatic carbocycles.